The van der Waals surface area contributed by atoms with E-state index in [4.69, 9.17) is 4.74 Å². The lowest BCUT2D eigenvalue weighted by Crippen LogP contribution is -2.44. The van der Waals surface area contributed by atoms with Gasteiger partial charge in [0, 0.05) is 24.3 Å². The van der Waals surface area contributed by atoms with E-state index >= 15 is 0 Å². The fourth-order valence-corrected chi connectivity index (χ4v) is 3.62. The summed E-state index contributed by atoms with van der Waals surface area (Å²) in [5.74, 6) is 0.486. The maximum Gasteiger partial charge on any atom is 0.228 e. The van der Waals surface area contributed by atoms with Gasteiger partial charge in [0.25, 0.3) is 0 Å². The Hall–Kier alpha value is -2.04. The summed E-state index contributed by atoms with van der Waals surface area (Å²) in [6.07, 6.45) is 5.04. The Kier molecular flexibility index (Phi) is 5.07. The molecule has 3 atom stereocenters. The van der Waals surface area contributed by atoms with E-state index in [1.165, 1.54) is 6.42 Å². The number of piperidine rings is 1. The molecule has 1 saturated carbocycles. The molecule has 0 aromatic heterocycles. The molecule has 0 spiro atoms. The van der Waals surface area contributed by atoms with E-state index in [1.54, 1.807) is 13.2 Å². The van der Waals surface area contributed by atoms with Crippen molar-refractivity contribution in [1.82, 2.24) is 4.90 Å². The van der Waals surface area contributed by atoms with Gasteiger partial charge in [-0.2, -0.15) is 0 Å². The standard InChI is InChI=1S/C19H26N2O3/c1-3-14-8-4-5-10-21(14)19(23)17-12-16(17)18(22)20-13-7-6-9-15(11-13)24-2/h6-7,9,11,14,16-17H,3-5,8,10,12H2,1-2H3,(H,20,22). The number of carbonyl (C=O) groups is 2. The van der Waals surface area contributed by atoms with Crippen molar-refractivity contribution >= 4 is 17.5 Å². The molecule has 2 amide bonds. The fraction of sp³-hybridized carbons (Fsp3) is 0.579. The summed E-state index contributed by atoms with van der Waals surface area (Å²) in [5.41, 5.74) is 0.710. The number of ether oxygens (including phenoxy) is 1. The number of likely N-dealkylation sites (tertiary alicyclic amines) is 1. The molecule has 5 heteroatoms. The SMILES string of the molecule is CCC1CCCCN1C(=O)C1CC1C(=O)Nc1cccc(OC)c1. The molecule has 0 bridgehead atoms. The quantitative estimate of drug-likeness (QED) is 0.903. The molecule has 1 aromatic rings. The van der Waals surface area contributed by atoms with Gasteiger partial charge < -0.3 is 15.0 Å². The predicted molar refractivity (Wildman–Crippen MR) is 92.9 cm³/mol. The first-order chi connectivity index (χ1) is 11.6. The second-order valence-corrected chi connectivity index (χ2v) is 6.76. The van der Waals surface area contributed by atoms with Gasteiger partial charge in [-0.15, -0.1) is 0 Å². The topological polar surface area (TPSA) is 58.6 Å². The zero-order valence-electron chi connectivity index (χ0n) is 14.5. The predicted octanol–water partition coefficient (Wildman–Crippen LogP) is 3.06. The van der Waals surface area contributed by atoms with Crippen LogP contribution in [0.1, 0.15) is 39.0 Å². The third-order valence-corrected chi connectivity index (χ3v) is 5.16. The van der Waals surface area contributed by atoms with E-state index in [9.17, 15) is 9.59 Å². The third-order valence-electron chi connectivity index (χ3n) is 5.16. The Balaban J connectivity index is 1.57. The normalized spacial score (nSPS) is 25.9. The van der Waals surface area contributed by atoms with Gasteiger partial charge >= 0.3 is 0 Å². The Bertz CT molecular complexity index is 616. The van der Waals surface area contributed by atoms with Crippen LogP contribution in [0, 0.1) is 11.8 Å². The average molecular weight is 330 g/mol. The number of hydrogen-bond acceptors (Lipinski definition) is 3. The highest BCUT2D eigenvalue weighted by atomic mass is 16.5. The minimum absolute atomic E-state index is 0.0633. The summed E-state index contributed by atoms with van der Waals surface area (Å²) in [6, 6.07) is 7.64. The molecule has 3 rings (SSSR count). The van der Waals surface area contributed by atoms with E-state index in [-0.39, 0.29) is 23.7 Å². The smallest absolute Gasteiger partial charge is 0.228 e. The number of methoxy groups -OCH3 is 1. The van der Waals surface area contributed by atoms with Crippen LogP contribution in [0.3, 0.4) is 0 Å². The molecule has 1 N–H and O–H groups in total. The highest BCUT2D eigenvalue weighted by molar-refractivity contribution is 5.99. The van der Waals surface area contributed by atoms with Crippen molar-refractivity contribution in [3.8, 4) is 5.75 Å². The van der Waals surface area contributed by atoms with E-state index in [1.807, 2.05) is 23.1 Å². The van der Waals surface area contributed by atoms with Crippen LogP contribution in [0.15, 0.2) is 24.3 Å². The first-order valence-corrected chi connectivity index (χ1v) is 8.89. The van der Waals surface area contributed by atoms with Crippen molar-refractivity contribution < 1.29 is 14.3 Å². The van der Waals surface area contributed by atoms with Gasteiger partial charge in [0.05, 0.1) is 18.9 Å². The summed E-state index contributed by atoms with van der Waals surface area (Å²) in [5, 5.41) is 2.90. The number of hydrogen-bond donors (Lipinski definition) is 1. The molecule has 1 aliphatic carbocycles. The molecule has 2 aliphatic rings. The Labute approximate surface area is 143 Å². The number of nitrogens with zero attached hydrogens (tertiary/aromatic N) is 1. The molecule has 1 aliphatic heterocycles. The molecular formula is C19H26N2O3. The lowest BCUT2D eigenvalue weighted by molar-refractivity contribution is -0.137. The molecule has 1 aromatic carbocycles. The number of carbonyl (C=O) groups excluding carboxylic acids is 2. The summed E-state index contributed by atoms with van der Waals surface area (Å²) in [6.45, 7) is 2.98. The van der Waals surface area contributed by atoms with Crippen molar-refractivity contribution in [1.29, 1.82) is 0 Å². The van der Waals surface area contributed by atoms with Crippen LogP contribution >= 0.6 is 0 Å². The zero-order chi connectivity index (χ0) is 17.1. The van der Waals surface area contributed by atoms with E-state index < -0.39 is 0 Å². The highest BCUT2D eigenvalue weighted by Gasteiger charge is 2.50. The maximum absolute atomic E-state index is 12.7. The molecule has 24 heavy (non-hydrogen) atoms. The van der Waals surface area contributed by atoms with Gasteiger partial charge in [-0.05, 0) is 44.2 Å². The zero-order valence-corrected chi connectivity index (χ0v) is 14.5. The first kappa shape index (κ1) is 16.8. The second-order valence-electron chi connectivity index (χ2n) is 6.76. The van der Waals surface area contributed by atoms with Crippen LogP contribution in [0.2, 0.25) is 0 Å². The van der Waals surface area contributed by atoms with Crippen molar-refractivity contribution in [2.75, 3.05) is 19.0 Å². The lowest BCUT2D eigenvalue weighted by Gasteiger charge is -2.35. The van der Waals surface area contributed by atoms with Crippen molar-refractivity contribution in [2.24, 2.45) is 11.8 Å². The van der Waals surface area contributed by atoms with Crippen LogP contribution in [0.5, 0.6) is 5.75 Å². The van der Waals surface area contributed by atoms with Crippen molar-refractivity contribution in [3.63, 3.8) is 0 Å². The molecule has 0 radical (unpaired) electrons. The second kappa shape index (κ2) is 7.24. The number of rotatable bonds is 5. The summed E-state index contributed by atoms with van der Waals surface area (Å²) >= 11 is 0. The summed E-state index contributed by atoms with van der Waals surface area (Å²) < 4.78 is 5.16. The minimum Gasteiger partial charge on any atom is -0.497 e. The molecular weight excluding hydrogens is 304 g/mol. The van der Waals surface area contributed by atoms with Crippen molar-refractivity contribution in [2.45, 2.75) is 45.1 Å². The van der Waals surface area contributed by atoms with Crippen LogP contribution in [-0.4, -0.2) is 36.4 Å². The molecule has 3 unspecified atom stereocenters. The van der Waals surface area contributed by atoms with Crippen LogP contribution in [-0.2, 0) is 9.59 Å². The first-order valence-electron chi connectivity index (χ1n) is 8.89. The monoisotopic (exact) mass is 330 g/mol. The molecule has 2 fully saturated rings. The summed E-state index contributed by atoms with van der Waals surface area (Å²) in [7, 11) is 1.60. The van der Waals surface area contributed by atoms with Crippen LogP contribution in [0.25, 0.3) is 0 Å². The van der Waals surface area contributed by atoms with Gasteiger partial charge in [-0.1, -0.05) is 13.0 Å². The van der Waals surface area contributed by atoms with Gasteiger partial charge in [-0.3, -0.25) is 9.59 Å². The molecule has 1 saturated heterocycles. The molecule has 130 valence electrons. The Morgan fingerprint density at radius 2 is 2.12 bits per heavy atom. The van der Waals surface area contributed by atoms with E-state index in [0.717, 1.165) is 25.8 Å². The Morgan fingerprint density at radius 1 is 1.29 bits per heavy atom. The maximum atomic E-state index is 12.7. The third kappa shape index (κ3) is 3.55. The van der Waals surface area contributed by atoms with Gasteiger partial charge in [0.2, 0.25) is 11.8 Å². The Morgan fingerprint density at radius 3 is 2.88 bits per heavy atom. The molecule has 1 heterocycles. The van der Waals surface area contributed by atoms with Gasteiger partial charge in [0.1, 0.15) is 5.75 Å². The highest BCUT2D eigenvalue weighted by Crippen LogP contribution is 2.42. The average Bonchev–Trinajstić information content (AvgIpc) is 3.42. The number of amides is 2. The molecule has 5 nitrogen and oxygen atoms in total. The van der Waals surface area contributed by atoms with Gasteiger partial charge in [0.15, 0.2) is 0 Å². The van der Waals surface area contributed by atoms with Crippen molar-refractivity contribution in [3.05, 3.63) is 24.3 Å². The van der Waals surface area contributed by atoms with Crippen LogP contribution in [0.4, 0.5) is 5.69 Å². The number of anilines is 1. The lowest BCUT2D eigenvalue weighted by atomic mass is 9.99. The summed E-state index contributed by atoms with van der Waals surface area (Å²) in [4.78, 5) is 27.1. The minimum atomic E-state index is -0.192. The van der Waals surface area contributed by atoms with Gasteiger partial charge in [-0.25, -0.2) is 0 Å². The number of nitrogens with one attached hydrogen (secondary N) is 1. The largest absolute Gasteiger partial charge is 0.497 e. The van der Waals surface area contributed by atoms with E-state index in [2.05, 4.69) is 12.2 Å². The fourth-order valence-electron chi connectivity index (χ4n) is 3.62. The van der Waals surface area contributed by atoms with E-state index in [0.29, 0.717) is 23.9 Å². The van der Waals surface area contributed by atoms with Crippen LogP contribution < -0.4 is 10.1 Å². The number of benzene rings is 1.